The van der Waals surface area contributed by atoms with Crippen molar-refractivity contribution in [3.05, 3.63) is 53.6 Å². The first kappa shape index (κ1) is 15.1. The van der Waals surface area contributed by atoms with Crippen LogP contribution in [-0.4, -0.2) is 11.6 Å². The highest BCUT2D eigenvalue weighted by Crippen LogP contribution is 2.27. The Bertz CT molecular complexity index is 669. The lowest BCUT2D eigenvalue weighted by molar-refractivity contribution is 0.00708. The van der Waals surface area contributed by atoms with Crippen LogP contribution in [0.4, 0.5) is 5.69 Å². The summed E-state index contributed by atoms with van der Waals surface area (Å²) < 4.78 is 5.35. The van der Waals surface area contributed by atoms with E-state index in [1.165, 1.54) is 5.56 Å². The summed E-state index contributed by atoms with van der Waals surface area (Å²) in [4.78, 5) is 12.1. The lowest BCUT2D eigenvalue weighted by atomic mass is 9.98. The van der Waals surface area contributed by atoms with Gasteiger partial charge in [-0.15, -0.1) is 0 Å². The van der Waals surface area contributed by atoms with Crippen molar-refractivity contribution in [2.24, 2.45) is 0 Å². The molecule has 0 atom stereocenters. The van der Waals surface area contributed by atoms with Gasteiger partial charge in [0.05, 0.1) is 5.56 Å². The van der Waals surface area contributed by atoms with Crippen molar-refractivity contribution < 1.29 is 9.53 Å². The molecule has 0 fully saturated rings. The van der Waals surface area contributed by atoms with Crippen LogP contribution in [0.3, 0.4) is 0 Å². The van der Waals surface area contributed by atoms with Gasteiger partial charge in [-0.3, -0.25) is 0 Å². The average molecular weight is 283 g/mol. The Balaban J connectivity index is 2.34. The number of ether oxygens (including phenoxy) is 1. The number of esters is 1. The van der Waals surface area contributed by atoms with Gasteiger partial charge in [0.2, 0.25) is 0 Å². The van der Waals surface area contributed by atoms with Gasteiger partial charge in [-0.05, 0) is 56.5 Å². The minimum atomic E-state index is -0.530. The predicted molar refractivity (Wildman–Crippen MR) is 86.2 cm³/mol. The molecule has 0 aliphatic heterocycles. The zero-order chi connectivity index (χ0) is 15.6. The maximum Gasteiger partial charge on any atom is 0.340 e. The van der Waals surface area contributed by atoms with Crippen molar-refractivity contribution >= 4 is 11.7 Å². The van der Waals surface area contributed by atoms with Crippen LogP contribution < -0.4 is 5.73 Å². The van der Waals surface area contributed by atoms with Gasteiger partial charge in [-0.25, -0.2) is 4.79 Å². The zero-order valence-electron chi connectivity index (χ0n) is 12.9. The molecule has 0 saturated heterocycles. The molecule has 0 aliphatic carbocycles. The van der Waals surface area contributed by atoms with Crippen LogP contribution in [0.2, 0.25) is 0 Å². The number of nitrogen functional groups attached to an aromatic ring is 1. The molecule has 2 rings (SSSR count). The summed E-state index contributed by atoms with van der Waals surface area (Å²) in [6.45, 7) is 7.56. The molecule has 2 aromatic carbocycles. The number of benzene rings is 2. The first-order valence-corrected chi connectivity index (χ1v) is 6.97. The first-order valence-electron chi connectivity index (χ1n) is 6.97. The van der Waals surface area contributed by atoms with E-state index in [0.717, 1.165) is 11.1 Å². The number of carbonyl (C=O) groups is 1. The SMILES string of the molecule is Cc1ccccc1-c1ccc(C(=O)OC(C)(C)C)c(N)c1. The number of rotatable bonds is 2. The first-order chi connectivity index (χ1) is 9.78. The fourth-order valence-electron chi connectivity index (χ4n) is 2.15. The van der Waals surface area contributed by atoms with Gasteiger partial charge in [-0.2, -0.15) is 0 Å². The van der Waals surface area contributed by atoms with Gasteiger partial charge >= 0.3 is 5.97 Å². The average Bonchev–Trinajstić information content (AvgIpc) is 2.37. The molecule has 0 bridgehead atoms. The molecule has 0 amide bonds. The number of nitrogens with two attached hydrogens (primary N) is 1. The molecule has 2 N–H and O–H groups in total. The topological polar surface area (TPSA) is 52.3 Å². The third kappa shape index (κ3) is 3.63. The Labute approximate surface area is 125 Å². The molecule has 2 aromatic rings. The molecule has 0 aromatic heterocycles. The van der Waals surface area contributed by atoms with E-state index in [9.17, 15) is 4.79 Å². The highest BCUT2D eigenvalue weighted by atomic mass is 16.6. The summed E-state index contributed by atoms with van der Waals surface area (Å²) in [5.41, 5.74) is 9.62. The summed E-state index contributed by atoms with van der Waals surface area (Å²) in [5.74, 6) is -0.392. The molecule has 3 heteroatoms. The molecular formula is C18H21NO2. The van der Waals surface area contributed by atoms with Crippen LogP contribution in [0.1, 0.15) is 36.7 Å². The Kier molecular flexibility index (Phi) is 4.03. The van der Waals surface area contributed by atoms with Crippen LogP contribution in [0.5, 0.6) is 0 Å². The van der Waals surface area contributed by atoms with E-state index in [2.05, 4.69) is 0 Å². The summed E-state index contributed by atoms with van der Waals surface area (Å²) >= 11 is 0. The van der Waals surface area contributed by atoms with Crippen molar-refractivity contribution in [3.63, 3.8) is 0 Å². The Morgan fingerprint density at radius 1 is 1.10 bits per heavy atom. The Hall–Kier alpha value is -2.29. The van der Waals surface area contributed by atoms with Crippen molar-refractivity contribution in [3.8, 4) is 11.1 Å². The molecule has 0 radical (unpaired) electrons. The smallest absolute Gasteiger partial charge is 0.340 e. The van der Waals surface area contributed by atoms with Gasteiger partial charge in [0.25, 0.3) is 0 Å². The minimum Gasteiger partial charge on any atom is -0.456 e. The maximum absolute atomic E-state index is 12.1. The number of anilines is 1. The van der Waals surface area contributed by atoms with Gasteiger partial charge in [0.15, 0.2) is 0 Å². The predicted octanol–water partition coefficient (Wildman–Crippen LogP) is 4.20. The number of carbonyl (C=O) groups excluding carboxylic acids is 1. The highest BCUT2D eigenvalue weighted by molar-refractivity contribution is 5.96. The van der Waals surface area contributed by atoms with E-state index in [-0.39, 0.29) is 0 Å². The van der Waals surface area contributed by atoms with Crippen LogP contribution in [0.25, 0.3) is 11.1 Å². The number of aryl methyl sites for hydroxylation is 1. The van der Waals surface area contributed by atoms with E-state index in [1.54, 1.807) is 6.07 Å². The summed E-state index contributed by atoms with van der Waals surface area (Å²) in [6.07, 6.45) is 0. The van der Waals surface area contributed by atoms with Gasteiger partial charge in [-0.1, -0.05) is 30.3 Å². The quantitative estimate of drug-likeness (QED) is 0.664. The second kappa shape index (κ2) is 5.60. The molecule has 0 heterocycles. The van der Waals surface area contributed by atoms with E-state index < -0.39 is 11.6 Å². The van der Waals surface area contributed by atoms with Crippen molar-refractivity contribution in [1.82, 2.24) is 0 Å². The Morgan fingerprint density at radius 2 is 1.76 bits per heavy atom. The van der Waals surface area contributed by atoms with Gasteiger partial charge in [0.1, 0.15) is 5.60 Å². The second-order valence-electron chi connectivity index (χ2n) is 6.12. The van der Waals surface area contributed by atoms with E-state index in [0.29, 0.717) is 11.3 Å². The normalized spacial score (nSPS) is 11.2. The largest absolute Gasteiger partial charge is 0.456 e. The monoisotopic (exact) mass is 283 g/mol. The molecule has 110 valence electrons. The van der Waals surface area contributed by atoms with Crippen molar-refractivity contribution in [1.29, 1.82) is 0 Å². The number of hydrogen-bond donors (Lipinski definition) is 1. The van der Waals surface area contributed by atoms with Gasteiger partial charge in [0, 0.05) is 5.69 Å². The van der Waals surface area contributed by atoms with E-state index in [1.807, 2.05) is 64.1 Å². The van der Waals surface area contributed by atoms with Crippen LogP contribution >= 0.6 is 0 Å². The molecule has 0 unspecified atom stereocenters. The molecule has 0 saturated carbocycles. The van der Waals surface area contributed by atoms with Crippen LogP contribution in [0.15, 0.2) is 42.5 Å². The standard InChI is InChI=1S/C18H21NO2/c1-12-7-5-6-8-14(12)13-9-10-15(16(19)11-13)17(20)21-18(2,3)4/h5-11H,19H2,1-4H3. The van der Waals surface area contributed by atoms with E-state index >= 15 is 0 Å². The van der Waals surface area contributed by atoms with E-state index in [4.69, 9.17) is 10.5 Å². The lowest BCUT2D eigenvalue weighted by Crippen LogP contribution is -2.24. The number of hydrogen-bond acceptors (Lipinski definition) is 3. The molecule has 21 heavy (non-hydrogen) atoms. The third-order valence-corrected chi connectivity index (χ3v) is 3.13. The highest BCUT2D eigenvalue weighted by Gasteiger charge is 2.20. The lowest BCUT2D eigenvalue weighted by Gasteiger charge is -2.20. The van der Waals surface area contributed by atoms with Gasteiger partial charge < -0.3 is 10.5 Å². The molecular weight excluding hydrogens is 262 g/mol. The molecule has 3 nitrogen and oxygen atoms in total. The van der Waals surface area contributed by atoms with Crippen molar-refractivity contribution in [2.75, 3.05) is 5.73 Å². The maximum atomic E-state index is 12.1. The fourth-order valence-corrected chi connectivity index (χ4v) is 2.15. The van der Waals surface area contributed by atoms with Crippen LogP contribution in [-0.2, 0) is 4.74 Å². The fraction of sp³-hybridized carbons (Fsp3) is 0.278. The Morgan fingerprint density at radius 3 is 2.33 bits per heavy atom. The summed E-state index contributed by atoms with van der Waals surface area (Å²) in [7, 11) is 0. The van der Waals surface area contributed by atoms with Crippen LogP contribution in [0, 0.1) is 6.92 Å². The third-order valence-electron chi connectivity index (χ3n) is 3.13. The summed E-state index contributed by atoms with van der Waals surface area (Å²) in [6, 6.07) is 13.5. The zero-order valence-corrected chi connectivity index (χ0v) is 12.9. The summed E-state index contributed by atoms with van der Waals surface area (Å²) in [5, 5.41) is 0. The minimum absolute atomic E-state index is 0.392. The van der Waals surface area contributed by atoms with Crippen molar-refractivity contribution in [2.45, 2.75) is 33.3 Å². The second-order valence-corrected chi connectivity index (χ2v) is 6.12. The molecule has 0 aliphatic rings. The molecule has 0 spiro atoms.